The van der Waals surface area contributed by atoms with Crippen molar-refractivity contribution in [3.8, 4) is 18.1 Å². The van der Waals surface area contributed by atoms with Gasteiger partial charge in [0.15, 0.2) is 5.82 Å². The van der Waals surface area contributed by atoms with E-state index in [9.17, 15) is 4.39 Å². The number of methoxy groups -OCH3 is 1. The number of hydrogen-bond acceptors (Lipinski definition) is 1. The molecule has 12 heavy (non-hydrogen) atoms. The molecule has 0 fully saturated rings. The Hall–Kier alpha value is -1.20. The topological polar surface area (TPSA) is 9.23 Å². The molecule has 0 aliphatic carbocycles. The molecule has 3 heteroatoms. The summed E-state index contributed by atoms with van der Waals surface area (Å²) >= 11 is 5.50. The zero-order valence-corrected chi connectivity index (χ0v) is 7.15. The first-order valence-corrected chi connectivity index (χ1v) is 3.57. The lowest BCUT2D eigenvalue weighted by molar-refractivity contribution is 0.410. The molecule has 0 aliphatic rings. The third kappa shape index (κ3) is 1.37. The smallest absolute Gasteiger partial charge is 0.161 e. The van der Waals surface area contributed by atoms with Gasteiger partial charge in [-0.05, 0) is 12.1 Å². The average Bonchev–Trinajstić information content (AvgIpc) is 2.09. The van der Waals surface area contributed by atoms with E-state index in [-0.39, 0.29) is 10.6 Å². The zero-order valence-electron chi connectivity index (χ0n) is 6.40. The Balaban J connectivity index is 3.38. The Morgan fingerprint density at radius 1 is 1.58 bits per heavy atom. The van der Waals surface area contributed by atoms with Gasteiger partial charge in [-0.15, -0.1) is 6.42 Å². The lowest BCUT2D eigenvalue weighted by Crippen LogP contribution is -1.91. The number of benzene rings is 1. The van der Waals surface area contributed by atoms with E-state index < -0.39 is 5.82 Å². The Bertz CT molecular complexity index is 341. The minimum absolute atomic E-state index is 0.00347. The van der Waals surface area contributed by atoms with E-state index in [0.29, 0.717) is 5.75 Å². The van der Waals surface area contributed by atoms with Gasteiger partial charge in [0.25, 0.3) is 0 Å². The highest BCUT2D eigenvalue weighted by atomic mass is 35.5. The summed E-state index contributed by atoms with van der Waals surface area (Å²) in [6.45, 7) is 0. The van der Waals surface area contributed by atoms with Gasteiger partial charge in [0.1, 0.15) is 11.3 Å². The molecule has 0 heterocycles. The molecule has 0 radical (unpaired) electrons. The number of halogens is 2. The molecule has 0 amide bonds. The van der Waals surface area contributed by atoms with Crippen LogP contribution in [0.2, 0.25) is 5.02 Å². The predicted molar refractivity (Wildman–Crippen MR) is 45.9 cm³/mol. The molecule has 0 N–H and O–H groups in total. The number of ether oxygens (including phenoxy) is 1. The lowest BCUT2D eigenvalue weighted by atomic mass is 10.2. The summed E-state index contributed by atoms with van der Waals surface area (Å²) in [5.74, 6) is 1.88. The molecule has 0 aliphatic heterocycles. The van der Waals surface area contributed by atoms with Crippen molar-refractivity contribution in [1.82, 2.24) is 0 Å². The third-order valence-corrected chi connectivity index (χ3v) is 1.71. The summed E-state index contributed by atoms with van der Waals surface area (Å²) in [6, 6.07) is 2.93. The molecule has 0 aromatic heterocycles. The second-order valence-electron chi connectivity index (χ2n) is 2.08. The predicted octanol–water partition coefficient (Wildman–Crippen LogP) is 2.47. The van der Waals surface area contributed by atoms with Crippen molar-refractivity contribution in [3.05, 3.63) is 28.5 Å². The Labute approximate surface area is 75.1 Å². The fraction of sp³-hybridized carbons (Fsp3) is 0.111. The highest BCUT2D eigenvalue weighted by Gasteiger charge is 2.09. The molecule has 1 rings (SSSR count). The van der Waals surface area contributed by atoms with Gasteiger partial charge >= 0.3 is 0 Å². The zero-order chi connectivity index (χ0) is 9.14. The van der Waals surface area contributed by atoms with E-state index in [0.717, 1.165) is 0 Å². The average molecular weight is 185 g/mol. The number of rotatable bonds is 1. The summed E-state index contributed by atoms with van der Waals surface area (Å²) in [4.78, 5) is 0. The summed E-state index contributed by atoms with van der Waals surface area (Å²) < 4.78 is 17.9. The highest BCUT2D eigenvalue weighted by molar-refractivity contribution is 6.30. The number of terminal acetylenes is 1. The molecule has 0 unspecified atom stereocenters. The molecule has 62 valence electrons. The van der Waals surface area contributed by atoms with Crippen molar-refractivity contribution >= 4 is 11.6 Å². The minimum Gasteiger partial charge on any atom is -0.495 e. The van der Waals surface area contributed by atoms with Crippen molar-refractivity contribution in [2.45, 2.75) is 0 Å². The van der Waals surface area contributed by atoms with Gasteiger partial charge in [-0.25, -0.2) is 4.39 Å². The molecule has 1 aromatic carbocycles. The Morgan fingerprint density at radius 3 is 2.75 bits per heavy atom. The largest absolute Gasteiger partial charge is 0.495 e. The first kappa shape index (κ1) is 8.89. The fourth-order valence-corrected chi connectivity index (χ4v) is 0.995. The van der Waals surface area contributed by atoms with Crippen LogP contribution in [0.4, 0.5) is 4.39 Å². The Morgan fingerprint density at radius 2 is 2.25 bits per heavy atom. The van der Waals surface area contributed by atoms with Crippen LogP contribution >= 0.6 is 11.6 Å². The van der Waals surface area contributed by atoms with Gasteiger partial charge < -0.3 is 4.74 Å². The highest BCUT2D eigenvalue weighted by Crippen LogP contribution is 2.25. The normalized spacial score (nSPS) is 9.17. The van der Waals surface area contributed by atoms with Crippen LogP contribution in [0, 0.1) is 18.2 Å². The molecule has 0 saturated carbocycles. The van der Waals surface area contributed by atoms with Gasteiger partial charge in [-0.3, -0.25) is 0 Å². The van der Waals surface area contributed by atoms with Gasteiger partial charge in [-0.2, -0.15) is 0 Å². The molecular formula is C9H6ClFO. The molecule has 1 nitrogen and oxygen atoms in total. The maximum Gasteiger partial charge on any atom is 0.161 e. The van der Waals surface area contributed by atoms with Crippen molar-refractivity contribution in [1.29, 1.82) is 0 Å². The second-order valence-corrected chi connectivity index (χ2v) is 2.49. The first-order chi connectivity index (χ1) is 5.70. The van der Waals surface area contributed by atoms with Gasteiger partial charge in [0, 0.05) is 0 Å². The molecule has 1 aromatic rings. The Kier molecular flexibility index (Phi) is 2.57. The standard InChI is InChI=1S/C9H6ClFO/c1-3-6-8(12-2)5-4-7(10)9(6)11/h1,4-5H,2H3. The van der Waals surface area contributed by atoms with Crippen LogP contribution in [0.5, 0.6) is 5.75 Å². The van der Waals surface area contributed by atoms with E-state index in [1.165, 1.54) is 19.2 Å². The van der Waals surface area contributed by atoms with E-state index in [2.05, 4.69) is 5.92 Å². The number of hydrogen-bond donors (Lipinski definition) is 0. The van der Waals surface area contributed by atoms with Crippen molar-refractivity contribution < 1.29 is 9.13 Å². The monoisotopic (exact) mass is 184 g/mol. The van der Waals surface area contributed by atoms with E-state index in [4.69, 9.17) is 22.8 Å². The molecule has 0 saturated heterocycles. The van der Waals surface area contributed by atoms with Crippen LogP contribution in [0.3, 0.4) is 0 Å². The quantitative estimate of drug-likeness (QED) is 0.610. The van der Waals surface area contributed by atoms with Crippen molar-refractivity contribution in [3.63, 3.8) is 0 Å². The van der Waals surface area contributed by atoms with Gasteiger partial charge in [0.05, 0.1) is 12.1 Å². The van der Waals surface area contributed by atoms with Crippen LogP contribution < -0.4 is 4.74 Å². The fourth-order valence-electron chi connectivity index (χ4n) is 0.838. The van der Waals surface area contributed by atoms with E-state index >= 15 is 0 Å². The van der Waals surface area contributed by atoms with E-state index in [1.807, 2.05) is 0 Å². The first-order valence-electron chi connectivity index (χ1n) is 3.19. The second kappa shape index (κ2) is 3.46. The maximum absolute atomic E-state index is 13.1. The maximum atomic E-state index is 13.1. The van der Waals surface area contributed by atoms with Crippen molar-refractivity contribution in [2.24, 2.45) is 0 Å². The lowest BCUT2D eigenvalue weighted by Gasteiger charge is -2.04. The molecular weight excluding hydrogens is 179 g/mol. The van der Waals surface area contributed by atoms with Crippen LogP contribution in [0.15, 0.2) is 12.1 Å². The van der Waals surface area contributed by atoms with Crippen molar-refractivity contribution in [2.75, 3.05) is 7.11 Å². The molecule has 0 bridgehead atoms. The van der Waals surface area contributed by atoms with E-state index in [1.54, 1.807) is 0 Å². The summed E-state index contributed by atoms with van der Waals surface area (Å²) in [5.41, 5.74) is 0.0602. The third-order valence-electron chi connectivity index (χ3n) is 1.42. The van der Waals surface area contributed by atoms with Crippen LogP contribution in [-0.4, -0.2) is 7.11 Å². The summed E-state index contributed by atoms with van der Waals surface area (Å²) in [6.07, 6.45) is 5.07. The summed E-state index contributed by atoms with van der Waals surface area (Å²) in [7, 11) is 1.42. The summed E-state index contributed by atoms with van der Waals surface area (Å²) in [5, 5.41) is 0.00347. The van der Waals surface area contributed by atoms with Gasteiger partial charge in [0.2, 0.25) is 0 Å². The molecule has 0 spiro atoms. The van der Waals surface area contributed by atoms with Gasteiger partial charge in [-0.1, -0.05) is 17.5 Å². The minimum atomic E-state index is -0.612. The SMILES string of the molecule is C#Cc1c(OC)ccc(Cl)c1F. The van der Waals surface area contributed by atoms with Crippen LogP contribution in [0.1, 0.15) is 5.56 Å². The molecule has 0 atom stereocenters. The van der Waals surface area contributed by atoms with Crippen LogP contribution in [-0.2, 0) is 0 Å². The van der Waals surface area contributed by atoms with Crippen LogP contribution in [0.25, 0.3) is 0 Å².